The molecule has 1 amide bonds. The van der Waals surface area contributed by atoms with Crippen molar-refractivity contribution in [2.45, 2.75) is 24.8 Å². The van der Waals surface area contributed by atoms with Crippen LogP contribution >= 0.6 is 23.4 Å². The molecule has 0 saturated carbocycles. The molecule has 34 heavy (non-hydrogen) atoms. The van der Waals surface area contributed by atoms with Crippen molar-refractivity contribution >= 4 is 40.8 Å². The Bertz CT molecular complexity index is 1300. The van der Waals surface area contributed by atoms with Gasteiger partial charge in [-0.2, -0.15) is 10.5 Å². The maximum absolute atomic E-state index is 12.4. The molecule has 0 bridgehead atoms. The maximum Gasteiger partial charge on any atom is 0.225 e. The highest BCUT2D eigenvalue weighted by Crippen LogP contribution is 2.36. The molecule has 0 aliphatic heterocycles. The number of pyridine rings is 1. The quantitative estimate of drug-likeness (QED) is 0.403. The first-order chi connectivity index (χ1) is 16.4. The molecule has 172 valence electrons. The van der Waals surface area contributed by atoms with E-state index >= 15 is 0 Å². The lowest BCUT2D eigenvalue weighted by atomic mass is 9.96. The number of carbonyl (C=O) groups excluding carboxylic acids is 1. The van der Waals surface area contributed by atoms with E-state index in [0.29, 0.717) is 32.8 Å². The molecule has 1 heterocycles. The predicted octanol–water partition coefficient (Wildman–Crippen LogP) is 5.42. The van der Waals surface area contributed by atoms with Crippen LogP contribution in [-0.4, -0.2) is 23.8 Å². The van der Waals surface area contributed by atoms with E-state index in [1.165, 1.54) is 18.9 Å². The van der Waals surface area contributed by atoms with E-state index in [1.54, 1.807) is 18.2 Å². The van der Waals surface area contributed by atoms with Gasteiger partial charge in [-0.05, 0) is 35.7 Å². The minimum Gasteiger partial charge on any atom is -0.495 e. The Hall–Kier alpha value is -3.72. The molecule has 0 radical (unpaired) electrons. The zero-order valence-corrected chi connectivity index (χ0v) is 20.3. The summed E-state index contributed by atoms with van der Waals surface area (Å²) in [6.07, 6.45) is 1.04. The smallest absolute Gasteiger partial charge is 0.225 e. The third kappa shape index (κ3) is 5.60. The highest BCUT2D eigenvalue weighted by molar-refractivity contribution is 7.99. The minimum absolute atomic E-state index is 0.0518. The molecule has 0 atom stereocenters. The SMILES string of the molecule is CCc1ccc(-c2c(C#N)c(N)nc(SCCC(=O)Nc3ccc(OC)c(Cl)c3)c2C#N)cc1. The number of aromatic nitrogens is 1. The van der Waals surface area contributed by atoms with Gasteiger partial charge in [-0.3, -0.25) is 4.79 Å². The first kappa shape index (κ1) is 24.9. The minimum atomic E-state index is -0.218. The molecule has 7 nitrogen and oxygen atoms in total. The lowest BCUT2D eigenvalue weighted by Crippen LogP contribution is -2.12. The highest BCUT2D eigenvalue weighted by Gasteiger charge is 2.20. The molecule has 0 aliphatic rings. The Balaban J connectivity index is 1.79. The third-order valence-corrected chi connectivity index (χ3v) is 6.34. The number of halogens is 1. The molecule has 0 spiro atoms. The number of thioether (sulfide) groups is 1. The Morgan fingerprint density at radius 2 is 1.88 bits per heavy atom. The largest absolute Gasteiger partial charge is 0.495 e. The van der Waals surface area contributed by atoms with Gasteiger partial charge in [-0.15, -0.1) is 11.8 Å². The summed E-state index contributed by atoms with van der Waals surface area (Å²) < 4.78 is 5.11. The number of rotatable bonds is 8. The van der Waals surface area contributed by atoms with Gasteiger partial charge in [-0.25, -0.2) is 4.98 Å². The van der Waals surface area contributed by atoms with Crippen LogP contribution in [0, 0.1) is 22.7 Å². The summed E-state index contributed by atoms with van der Waals surface area (Å²) in [5.74, 6) is 0.709. The van der Waals surface area contributed by atoms with E-state index < -0.39 is 0 Å². The predicted molar refractivity (Wildman–Crippen MR) is 135 cm³/mol. The van der Waals surface area contributed by atoms with E-state index in [4.69, 9.17) is 22.1 Å². The van der Waals surface area contributed by atoms with E-state index in [2.05, 4.69) is 29.4 Å². The summed E-state index contributed by atoms with van der Waals surface area (Å²) in [5.41, 5.74) is 9.36. The van der Waals surface area contributed by atoms with Crippen LogP contribution in [0.25, 0.3) is 11.1 Å². The molecule has 3 aromatic rings. The van der Waals surface area contributed by atoms with Crippen LogP contribution in [0.4, 0.5) is 11.5 Å². The van der Waals surface area contributed by atoms with Gasteiger partial charge in [0.25, 0.3) is 0 Å². The van der Waals surface area contributed by atoms with Crippen LogP contribution in [0.15, 0.2) is 47.5 Å². The van der Waals surface area contributed by atoms with Gasteiger partial charge in [-0.1, -0.05) is 42.8 Å². The van der Waals surface area contributed by atoms with Crippen molar-refractivity contribution in [2.24, 2.45) is 0 Å². The fourth-order valence-corrected chi connectivity index (χ4v) is 4.50. The number of ether oxygens (including phenoxy) is 1. The molecule has 0 fully saturated rings. The van der Waals surface area contributed by atoms with Crippen LogP contribution in [-0.2, 0) is 11.2 Å². The number of methoxy groups -OCH3 is 1. The number of nitrogens with two attached hydrogens (primary N) is 1. The lowest BCUT2D eigenvalue weighted by molar-refractivity contribution is -0.115. The van der Waals surface area contributed by atoms with Crippen molar-refractivity contribution in [1.82, 2.24) is 4.98 Å². The van der Waals surface area contributed by atoms with E-state index in [-0.39, 0.29) is 29.3 Å². The first-order valence-corrected chi connectivity index (χ1v) is 11.8. The van der Waals surface area contributed by atoms with Crippen molar-refractivity contribution in [3.8, 4) is 29.0 Å². The van der Waals surface area contributed by atoms with Gasteiger partial charge in [0.15, 0.2) is 0 Å². The Morgan fingerprint density at radius 3 is 2.47 bits per heavy atom. The van der Waals surface area contributed by atoms with Gasteiger partial charge in [0.1, 0.15) is 34.3 Å². The van der Waals surface area contributed by atoms with Crippen LogP contribution in [0.1, 0.15) is 30.0 Å². The number of aryl methyl sites for hydroxylation is 1. The second-order valence-electron chi connectivity index (χ2n) is 7.20. The van der Waals surface area contributed by atoms with Gasteiger partial charge < -0.3 is 15.8 Å². The standard InChI is InChI=1S/C25H22ClN5O2S/c1-3-15-4-6-16(7-5-15)23-18(13-27)24(29)31-25(19(23)14-28)34-11-10-22(32)30-17-8-9-21(33-2)20(26)12-17/h4-9,12H,3,10-11H2,1-2H3,(H2,29,31)(H,30,32). The summed E-state index contributed by atoms with van der Waals surface area (Å²) in [4.78, 5) is 16.7. The molecule has 3 rings (SSSR count). The van der Waals surface area contributed by atoms with Crippen LogP contribution < -0.4 is 15.8 Å². The number of amides is 1. The highest BCUT2D eigenvalue weighted by atomic mass is 35.5. The number of benzene rings is 2. The summed E-state index contributed by atoms with van der Waals surface area (Å²) in [7, 11) is 1.52. The van der Waals surface area contributed by atoms with Crippen molar-refractivity contribution < 1.29 is 9.53 Å². The fourth-order valence-electron chi connectivity index (χ4n) is 3.31. The number of nitrogens with zero attached hydrogens (tertiary/aromatic N) is 3. The molecule has 0 saturated heterocycles. The number of hydrogen-bond donors (Lipinski definition) is 2. The topological polar surface area (TPSA) is 125 Å². The van der Waals surface area contributed by atoms with Crippen molar-refractivity contribution in [3.63, 3.8) is 0 Å². The summed E-state index contributed by atoms with van der Waals surface area (Å²) in [6.45, 7) is 2.05. The maximum atomic E-state index is 12.4. The van der Waals surface area contributed by atoms with Gasteiger partial charge in [0.2, 0.25) is 5.91 Å². The molecule has 9 heteroatoms. The molecule has 1 aromatic heterocycles. The summed E-state index contributed by atoms with van der Waals surface area (Å²) >= 11 is 7.34. The van der Waals surface area contributed by atoms with E-state index in [1.807, 2.05) is 24.3 Å². The second kappa shape index (κ2) is 11.4. The molecular weight excluding hydrogens is 470 g/mol. The van der Waals surface area contributed by atoms with Gasteiger partial charge in [0, 0.05) is 23.4 Å². The lowest BCUT2D eigenvalue weighted by Gasteiger charge is -2.13. The number of hydrogen-bond acceptors (Lipinski definition) is 7. The van der Waals surface area contributed by atoms with Gasteiger partial charge in [0.05, 0.1) is 17.7 Å². The Kier molecular flexibility index (Phi) is 8.37. The third-order valence-electron chi connectivity index (χ3n) is 5.07. The zero-order chi connectivity index (χ0) is 24.7. The normalized spacial score (nSPS) is 10.3. The monoisotopic (exact) mass is 491 g/mol. The molecule has 0 unspecified atom stereocenters. The number of nitrogen functional groups attached to an aromatic ring is 1. The fraction of sp³-hybridized carbons (Fsp3) is 0.200. The molecular formula is C25H22ClN5O2S. The van der Waals surface area contributed by atoms with Crippen molar-refractivity contribution in [3.05, 3.63) is 64.2 Å². The number of nitriles is 2. The average molecular weight is 492 g/mol. The number of carbonyl (C=O) groups is 1. The molecule has 2 aromatic carbocycles. The van der Waals surface area contributed by atoms with Crippen LogP contribution in [0.3, 0.4) is 0 Å². The first-order valence-electron chi connectivity index (χ1n) is 10.4. The molecule has 0 aliphatic carbocycles. The van der Waals surface area contributed by atoms with E-state index in [9.17, 15) is 15.3 Å². The van der Waals surface area contributed by atoms with Crippen molar-refractivity contribution in [2.75, 3.05) is 23.9 Å². The van der Waals surface area contributed by atoms with Crippen molar-refractivity contribution in [1.29, 1.82) is 10.5 Å². The Labute approximate surface area is 207 Å². The van der Waals surface area contributed by atoms with Gasteiger partial charge >= 0.3 is 0 Å². The van der Waals surface area contributed by atoms with E-state index in [0.717, 1.165) is 17.5 Å². The second-order valence-corrected chi connectivity index (χ2v) is 8.69. The summed E-state index contributed by atoms with van der Waals surface area (Å²) in [5, 5.41) is 23.1. The van der Waals surface area contributed by atoms with Crippen LogP contribution in [0.5, 0.6) is 5.75 Å². The Morgan fingerprint density at radius 1 is 1.18 bits per heavy atom. The van der Waals surface area contributed by atoms with Crippen LogP contribution in [0.2, 0.25) is 5.02 Å². The molecule has 3 N–H and O–H groups in total. The zero-order valence-electron chi connectivity index (χ0n) is 18.7. The summed E-state index contributed by atoms with van der Waals surface area (Å²) in [6, 6.07) is 16.9. The average Bonchev–Trinajstić information content (AvgIpc) is 2.84. The number of nitrogens with one attached hydrogen (secondary N) is 1. The number of anilines is 2.